The first-order chi connectivity index (χ1) is 9.56. The first-order valence-electron chi connectivity index (χ1n) is 6.88. The summed E-state index contributed by atoms with van der Waals surface area (Å²) in [5.41, 5.74) is 0.145. The second-order valence-corrected chi connectivity index (χ2v) is 5.06. The van der Waals surface area contributed by atoms with Crippen LogP contribution < -0.4 is 5.32 Å². The van der Waals surface area contributed by atoms with Crippen LogP contribution in [0.4, 0.5) is 0 Å². The van der Waals surface area contributed by atoms with Gasteiger partial charge in [-0.15, -0.1) is 0 Å². The number of rotatable bonds is 6. The monoisotopic (exact) mass is 280 g/mol. The van der Waals surface area contributed by atoms with E-state index in [-0.39, 0.29) is 18.0 Å². The van der Waals surface area contributed by atoms with E-state index in [0.29, 0.717) is 17.9 Å². The fraction of sp³-hybridized carbons (Fsp3) is 0.571. The van der Waals surface area contributed by atoms with Crippen molar-refractivity contribution in [1.29, 1.82) is 0 Å². The van der Waals surface area contributed by atoms with E-state index in [2.05, 4.69) is 10.2 Å². The molecule has 0 aromatic carbocycles. The lowest BCUT2D eigenvalue weighted by molar-refractivity contribution is -0.121. The fourth-order valence-corrected chi connectivity index (χ4v) is 2.38. The highest BCUT2D eigenvalue weighted by Crippen LogP contribution is 2.14. The zero-order chi connectivity index (χ0) is 14.5. The minimum atomic E-state index is -1.02. The van der Waals surface area contributed by atoms with Gasteiger partial charge in [0.05, 0.1) is 6.54 Å². The zero-order valence-corrected chi connectivity index (χ0v) is 11.6. The van der Waals surface area contributed by atoms with Crippen molar-refractivity contribution in [2.75, 3.05) is 19.6 Å². The third-order valence-electron chi connectivity index (χ3n) is 3.51. The van der Waals surface area contributed by atoms with Crippen LogP contribution in [0.3, 0.4) is 0 Å². The number of nitrogens with one attached hydrogen (secondary N) is 1. The minimum absolute atomic E-state index is 0.0390. The Bertz CT molecular complexity index is 489. The summed E-state index contributed by atoms with van der Waals surface area (Å²) in [4.78, 5) is 24.8. The number of furan rings is 1. The molecule has 6 nitrogen and oxygen atoms in total. The van der Waals surface area contributed by atoms with Crippen molar-refractivity contribution in [3.8, 4) is 0 Å². The summed E-state index contributed by atoms with van der Waals surface area (Å²) in [6.07, 6.45) is 2.89. The molecular weight excluding hydrogens is 260 g/mol. The van der Waals surface area contributed by atoms with Gasteiger partial charge in [0.1, 0.15) is 17.1 Å². The van der Waals surface area contributed by atoms with Crippen LogP contribution in [0, 0.1) is 6.92 Å². The number of likely N-dealkylation sites (tertiary alicyclic amines) is 1. The Hall–Kier alpha value is -1.82. The second-order valence-electron chi connectivity index (χ2n) is 5.06. The maximum atomic E-state index is 11.7. The van der Waals surface area contributed by atoms with Crippen LogP contribution in [0.25, 0.3) is 0 Å². The van der Waals surface area contributed by atoms with Gasteiger partial charge < -0.3 is 19.7 Å². The largest absolute Gasteiger partial charge is 0.478 e. The van der Waals surface area contributed by atoms with Gasteiger partial charge in [0.15, 0.2) is 0 Å². The Kier molecular flexibility index (Phi) is 4.79. The molecule has 6 heteroatoms. The van der Waals surface area contributed by atoms with E-state index >= 15 is 0 Å². The van der Waals surface area contributed by atoms with Gasteiger partial charge in [-0.1, -0.05) is 0 Å². The number of hydrogen-bond donors (Lipinski definition) is 2. The Morgan fingerprint density at radius 1 is 1.40 bits per heavy atom. The maximum Gasteiger partial charge on any atom is 0.339 e. The molecule has 1 aliphatic rings. The van der Waals surface area contributed by atoms with Crippen LogP contribution in [-0.4, -0.2) is 41.5 Å². The standard InChI is InChI=1S/C14H20N2O4/c1-10-12(14(18)19)8-11(20-10)9-15-13(17)4-7-16-5-2-3-6-16/h8H,2-7,9H2,1H3,(H,15,17)(H,18,19). The van der Waals surface area contributed by atoms with E-state index in [4.69, 9.17) is 9.52 Å². The van der Waals surface area contributed by atoms with E-state index in [0.717, 1.165) is 19.6 Å². The van der Waals surface area contributed by atoms with Crippen LogP contribution in [-0.2, 0) is 11.3 Å². The van der Waals surface area contributed by atoms with Gasteiger partial charge >= 0.3 is 5.97 Å². The summed E-state index contributed by atoms with van der Waals surface area (Å²) < 4.78 is 5.30. The molecule has 0 saturated carbocycles. The van der Waals surface area contributed by atoms with Gasteiger partial charge in [0.25, 0.3) is 0 Å². The molecule has 110 valence electrons. The van der Waals surface area contributed by atoms with Crippen molar-refractivity contribution in [2.45, 2.75) is 32.7 Å². The van der Waals surface area contributed by atoms with Crippen LogP contribution in [0.5, 0.6) is 0 Å². The predicted octanol–water partition coefficient (Wildman–Crippen LogP) is 1.39. The average molecular weight is 280 g/mol. The number of carbonyl (C=O) groups is 2. The highest BCUT2D eigenvalue weighted by molar-refractivity contribution is 5.88. The first-order valence-corrected chi connectivity index (χ1v) is 6.88. The van der Waals surface area contributed by atoms with Crippen molar-refractivity contribution >= 4 is 11.9 Å². The van der Waals surface area contributed by atoms with E-state index in [1.165, 1.54) is 18.9 Å². The molecule has 2 N–H and O–H groups in total. The van der Waals surface area contributed by atoms with E-state index in [1.54, 1.807) is 6.92 Å². The molecule has 0 aliphatic carbocycles. The van der Waals surface area contributed by atoms with Crippen LogP contribution >= 0.6 is 0 Å². The van der Waals surface area contributed by atoms with Gasteiger partial charge in [-0.3, -0.25) is 4.79 Å². The number of carbonyl (C=O) groups excluding carboxylic acids is 1. The summed E-state index contributed by atoms with van der Waals surface area (Å²) in [6, 6.07) is 1.46. The van der Waals surface area contributed by atoms with Crippen molar-refractivity contribution < 1.29 is 19.1 Å². The number of aromatic carboxylic acids is 1. The van der Waals surface area contributed by atoms with E-state index in [9.17, 15) is 9.59 Å². The van der Waals surface area contributed by atoms with E-state index < -0.39 is 5.97 Å². The molecule has 1 fully saturated rings. The maximum absolute atomic E-state index is 11.7. The fourth-order valence-electron chi connectivity index (χ4n) is 2.38. The number of aryl methyl sites for hydroxylation is 1. The molecule has 20 heavy (non-hydrogen) atoms. The van der Waals surface area contributed by atoms with Gasteiger partial charge in [-0.05, 0) is 38.9 Å². The number of carboxylic acids is 1. The lowest BCUT2D eigenvalue weighted by Crippen LogP contribution is -2.28. The predicted molar refractivity (Wildman–Crippen MR) is 72.5 cm³/mol. The Labute approximate surface area is 117 Å². The quantitative estimate of drug-likeness (QED) is 0.822. The smallest absolute Gasteiger partial charge is 0.339 e. The molecule has 1 aromatic rings. The molecule has 0 unspecified atom stereocenters. The summed E-state index contributed by atoms with van der Waals surface area (Å²) >= 11 is 0. The van der Waals surface area contributed by atoms with Crippen molar-refractivity contribution in [3.05, 3.63) is 23.2 Å². The third kappa shape index (κ3) is 3.84. The van der Waals surface area contributed by atoms with Gasteiger partial charge in [-0.2, -0.15) is 0 Å². The van der Waals surface area contributed by atoms with Crippen LogP contribution in [0.1, 0.15) is 41.1 Å². The molecule has 1 saturated heterocycles. The highest BCUT2D eigenvalue weighted by atomic mass is 16.4. The third-order valence-corrected chi connectivity index (χ3v) is 3.51. The average Bonchev–Trinajstić information content (AvgIpc) is 3.03. The zero-order valence-electron chi connectivity index (χ0n) is 11.6. The molecule has 0 atom stereocenters. The topological polar surface area (TPSA) is 82.8 Å². The molecule has 0 bridgehead atoms. The molecule has 1 amide bonds. The highest BCUT2D eigenvalue weighted by Gasteiger charge is 2.15. The van der Waals surface area contributed by atoms with Gasteiger partial charge in [-0.25, -0.2) is 4.79 Å². The molecule has 0 spiro atoms. The number of nitrogens with zero attached hydrogens (tertiary/aromatic N) is 1. The van der Waals surface area contributed by atoms with Crippen molar-refractivity contribution in [1.82, 2.24) is 10.2 Å². The summed E-state index contributed by atoms with van der Waals surface area (Å²) in [5.74, 6) is -0.228. The Balaban J connectivity index is 1.75. The van der Waals surface area contributed by atoms with Crippen LogP contribution in [0.15, 0.2) is 10.5 Å². The number of hydrogen-bond acceptors (Lipinski definition) is 4. The summed E-state index contributed by atoms with van der Waals surface area (Å²) in [6.45, 7) is 4.76. The summed E-state index contributed by atoms with van der Waals surface area (Å²) in [5, 5.41) is 11.7. The lowest BCUT2D eigenvalue weighted by Gasteiger charge is -2.13. The lowest BCUT2D eigenvalue weighted by atomic mass is 10.2. The molecular formula is C14H20N2O4. The van der Waals surface area contributed by atoms with Crippen molar-refractivity contribution in [2.24, 2.45) is 0 Å². The normalized spacial score (nSPS) is 15.4. The van der Waals surface area contributed by atoms with Gasteiger partial charge in [0.2, 0.25) is 5.91 Å². The van der Waals surface area contributed by atoms with E-state index in [1.807, 2.05) is 0 Å². The molecule has 0 radical (unpaired) electrons. The molecule has 2 heterocycles. The number of carboxylic acid groups (broad SMARTS) is 1. The Morgan fingerprint density at radius 2 is 2.10 bits per heavy atom. The Morgan fingerprint density at radius 3 is 2.70 bits per heavy atom. The molecule has 1 aromatic heterocycles. The second kappa shape index (κ2) is 6.56. The SMILES string of the molecule is Cc1oc(CNC(=O)CCN2CCCC2)cc1C(=O)O. The van der Waals surface area contributed by atoms with Crippen molar-refractivity contribution in [3.63, 3.8) is 0 Å². The summed E-state index contributed by atoms with van der Waals surface area (Å²) in [7, 11) is 0. The van der Waals surface area contributed by atoms with Gasteiger partial charge in [0, 0.05) is 13.0 Å². The molecule has 1 aliphatic heterocycles. The minimum Gasteiger partial charge on any atom is -0.478 e. The number of amides is 1. The molecule has 2 rings (SSSR count). The first kappa shape index (κ1) is 14.6. The van der Waals surface area contributed by atoms with Crippen LogP contribution in [0.2, 0.25) is 0 Å².